The van der Waals surface area contributed by atoms with Crippen LogP contribution in [0, 0.1) is 12.7 Å². The Hall–Kier alpha value is -2.31. The number of anilines is 1. The third-order valence-corrected chi connectivity index (χ3v) is 5.53. The van der Waals surface area contributed by atoms with Gasteiger partial charge in [-0.05, 0) is 55.7 Å². The average Bonchev–Trinajstić information content (AvgIpc) is 3.28. The molecule has 1 saturated heterocycles. The molecule has 3 aromatic rings. The average molecular weight is 370 g/mol. The standard InChI is InChI=1S/C20H19FN2O2S/c1-13-7-8-17-18(10-13)26-20(22-17)23(12-16-6-3-9-25-16)19(24)14-4-2-5-15(21)11-14/h2,4-5,7-8,10-11,16H,3,6,9,12H2,1H3. The van der Waals surface area contributed by atoms with Crippen LogP contribution in [0.15, 0.2) is 42.5 Å². The monoisotopic (exact) mass is 370 g/mol. The molecular weight excluding hydrogens is 351 g/mol. The van der Waals surface area contributed by atoms with E-state index in [4.69, 9.17) is 4.74 Å². The van der Waals surface area contributed by atoms with Crippen molar-refractivity contribution in [2.75, 3.05) is 18.1 Å². The van der Waals surface area contributed by atoms with Crippen LogP contribution < -0.4 is 4.90 Å². The van der Waals surface area contributed by atoms with Crippen LogP contribution in [0.4, 0.5) is 9.52 Å². The summed E-state index contributed by atoms with van der Waals surface area (Å²) in [5.41, 5.74) is 2.33. The molecule has 0 saturated carbocycles. The molecule has 1 fully saturated rings. The third-order valence-electron chi connectivity index (χ3n) is 4.49. The lowest BCUT2D eigenvalue weighted by molar-refractivity contribution is 0.0917. The van der Waals surface area contributed by atoms with Gasteiger partial charge in [-0.25, -0.2) is 9.37 Å². The number of nitrogens with zero attached hydrogens (tertiary/aromatic N) is 2. The molecule has 4 rings (SSSR count). The van der Waals surface area contributed by atoms with Crippen LogP contribution in [0.1, 0.15) is 28.8 Å². The molecule has 1 amide bonds. The number of hydrogen-bond acceptors (Lipinski definition) is 4. The fourth-order valence-electron chi connectivity index (χ4n) is 3.15. The van der Waals surface area contributed by atoms with E-state index >= 15 is 0 Å². The number of hydrogen-bond donors (Lipinski definition) is 0. The zero-order valence-corrected chi connectivity index (χ0v) is 15.3. The number of amides is 1. The van der Waals surface area contributed by atoms with Crippen LogP contribution in [0.3, 0.4) is 0 Å². The number of halogens is 1. The molecule has 0 bridgehead atoms. The minimum atomic E-state index is -0.423. The van der Waals surface area contributed by atoms with Gasteiger partial charge in [-0.2, -0.15) is 0 Å². The molecule has 1 aromatic heterocycles. The second kappa shape index (κ2) is 7.13. The Kier molecular flexibility index (Phi) is 4.70. The third kappa shape index (κ3) is 3.48. The van der Waals surface area contributed by atoms with Crippen LogP contribution in [0.2, 0.25) is 0 Å². The lowest BCUT2D eigenvalue weighted by atomic mass is 10.1. The molecular formula is C20H19FN2O2S. The molecule has 0 spiro atoms. The molecule has 0 aliphatic carbocycles. The van der Waals surface area contributed by atoms with Crippen LogP contribution in [0.5, 0.6) is 0 Å². The zero-order chi connectivity index (χ0) is 18.1. The summed E-state index contributed by atoms with van der Waals surface area (Å²) < 4.78 is 20.4. The van der Waals surface area contributed by atoms with Crippen LogP contribution >= 0.6 is 11.3 Å². The molecule has 134 valence electrons. The molecule has 4 nitrogen and oxygen atoms in total. The molecule has 26 heavy (non-hydrogen) atoms. The Morgan fingerprint density at radius 2 is 2.23 bits per heavy atom. The summed E-state index contributed by atoms with van der Waals surface area (Å²) in [4.78, 5) is 19.4. The molecule has 6 heteroatoms. The first-order valence-electron chi connectivity index (χ1n) is 8.66. The molecule has 1 unspecified atom stereocenters. The minimum Gasteiger partial charge on any atom is -0.376 e. The number of fused-ring (bicyclic) bond motifs is 1. The van der Waals surface area contributed by atoms with E-state index < -0.39 is 5.82 Å². The Balaban J connectivity index is 1.72. The summed E-state index contributed by atoms with van der Waals surface area (Å²) in [5.74, 6) is -0.677. The zero-order valence-electron chi connectivity index (χ0n) is 14.4. The Morgan fingerprint density at radius 3 is 3.00 bits per heavy atom. The minimum absolute atomic E-state index is 0.0127. The van der Waals surface area contributed by atoms with Crippen molar-refractivity contribution in [2.24, 2.45) is 0 Å². The number of aromatic nitrogens is 1. The molecule has 2 aromatic carbocycles. The summed E-state index contributed by atoms with van der Waals surface area (Å²) in [6.07, 6.45) is 1.89. The number of ether oxygens (including phenoxy) is 1. The van der Waals surface area contributed by atoms with Crippen molar-refractivity contribution in [3.8, 4) is 0 Å². The molecule has 0 radical (unpaired) electrons. The lowest BCUT2D eigenvalue weighted by Crippen LogP contribution is -2.37. The van der Waals surface area contributed by atoms with Crippen molar-refractivity contribution in [1.82, 2.24) is 4.98 Å². The Labute approximate surface area is 155 Å². The van der Waals surface area contributed by atoms with Gasteiger partial charge < -0.3 is 4.74 Å². The van der Waals surface area contributed by atoms with E-state index in [-0.39, 0.29) is 12.0 Å². The highest BCUT2D eigenvalue weighted by Gasteiger charge is 2.27. The summed E-state index contributed by atoms with van der Waals surface area (Å²) in [7, 11) is 0. The van der Waals surface area contributed by atoms with E-state index in [9.17, 15) is 9.18 Å². The number of rotatable bonds is 4. The van der Waals surface area contributed by atoms with Gasteiger partial charge in [0, 0.05) is 12.2 Å². The van der Waals surface area contributed by atoms with Gasteiger partial charge in [0.25, 0.3) is 5.91 Å². The molecule has 1 atom stereocenters. The molecule has 2 heterocycles. The van der Waals surface area contributed by atoms with Crippen molar-refractivity contribution >= 4 is 32.6 Å². The summed E-state index contributed by atoms with van der Waals surface area (Å²) >= 11 is 1.47. The maximum Gasteiger partial charge on any atom is 0.260 e. The SMILES string of the molecule is Cc1ccc2nc(N(CC3CCCO3)C(=O)c3cccc(F)c3)sc2c1. The topological polar surface area (TPSA) is 42.4 Å². The molecule has 1 aliphatic heterocycles. The second-order valence-electron chi connectivity index (χ2n) is 6.53. The highest BCUT2D eigenvalue weighted by atomic mass is 32.1. The fraction of sp³-hybridized carbons (Fsp3) is 0.300. The van der Waals surface area contributed by atoms with Gasteiger partial charge in [0.2, 0.25) is 0 Å². The highest BCUT2D eigenvalue weighted by Crippen LogP contribution is 2.31. The first-order valence-corrected chi connectivity index (χ1v) is 9.48. The van der Waals surface area contributed by atoms with Crippen LogP contribution in [-0.2, 0) is 4.74 Å². The number of benzene rings is 2. The van der Waals surface area contributed by atoms with Crippen molar-refractivity contribution in [2.45, 2.75) is 25.9 Å². The van der Waals surface area contributed by atoms with Gasteiger partial charge >= 0.3 is 0 Å². The number of carbonyl (C=O) groups is 1. The quantitative estimate of drug-likeness (QED) is 0.676. The predicted molar refractivity (Wildman–Crippen MR) is 101 cm³/mol. The largest absolute Gasteiger partial charge is 0.376 e. The Morgan fingerprint density at radius 1 is 1.35 bits per heavy atom. The second-order valence-corrected chi connectivity index (χ2v) is 7.54. The van der Waals surface area contributed by atoms with E-state index in [1.165, 1.54) is 23.5 Å². The van der Waals surface area contributed by atoms with Crippen molar-refractivity contribution < 1.29 is 13.9 Å². The van der Waals surface area contributed by atoms with Crippen molar-refractivity contribution in [3.05, 3.63) is 59.4 Å². The summed E-state index contributed by atoms with van der Waals surface area (Å²) in [5, 5.41) is 0.621. The molecule has 1 aliphatic rings. The van der Waals surface area contributed by atoms with Gasteiger partial charge in [0.15, 0.2) is 5.13 Å². The van der Waals surface area contributed by atoms with E-state index in [0.717, 1.165) is 28.6 Å². The van der Waals surface area contributed by atoms with E-state index in [1.807, 2.05) is 19.1 Å². The summed E-state index contributed by atoms with van der Waals surface area (Å²) in [6.45, 7) is 3.17. The first-order chi connectivity index (χ1) is 12.6. The smallest absolute Gasteiger partial charge is 0.260 e. The first kappa shape index (κ1) is 17.1. The van der Waals surface area contributed by atoms with Crippen molar-refractivity contribution in [3.63, 3.8) is 0 Å². The van der Waals surface area contributed by atoms with Gasteiger partial charge in [0.05, 0.1) is 22.9 Å². The predicted octanol–water partition coefficient (Wildman–Crippen LogP) is 4.57. The van der Waals surface area contributed by atoms with E-state index in [0.29, 0.717) is 23.8 Å². The van der Waals surface area contributed by atoms with Gasteiger partial charge in [0.1, 0.15) is 5.82 Å². The highest BCUT2D eigenvalue weighted by molar-refractivity contribution is 7.22. The van der Waals surface area contributed by atoms with Crippen LogP contribution in [0.25, 0.3) is 10.2 Å². The van der Waals surface area contributed by atoms with Crippen molar-refractivity contribution in [1.29, 1.82) is 0 Å². The lowest BCUT2D eigenvalue weighted by Gasteiger charge is -2.23. The normalized spacial score (nSPS) is 16.9. The van der Waals surface area contributed by atoms with Crippen LogP contribution in [-0.4, -0.2) is 30.1 Å². The number of carbonyl (C=O) groups excluding carboxylic acids is 1. The summed E-state index contributed by atoms with van der Waals surface area (Å²) in [6, 6.07) is 11.8. The van der Waals surface area contributed by atoms with Gasteiger partial charge in [-0.3, -0.25) is 9.69 Å². The Bertz CT molecular complexity index is 950. The fourth-order valence-corrected chi connectivity index (χ4v) is 4.22. The maximum atomic E-state index is 13.6. The van der Waals surface area contributed by atoms with E-state index in [2.05, 4.69) is 11.1 Å². The van der Waals surface area contributed by atoms with E-state index in [1.54, 1.807) is 17.0 Å². The van der Waals surface area contributed by atoms with Gasteiger partial charge in [-0.15, -0.1) is 0 Å². The molecule has 0 N–H and O–H groups in total. The van der Waals surface area contributed by atoms with Gasteiger partial charge in [-0.1, -0.05) is 23.5 Å². The number of aryl methyl sites for hydroxylation is 1. The number of thiazole rings is 1. The maximum absolute atomic E-state index is 13.6.